The lowest BCUT2D eigenvalue weighted by Crippen LogP contribution is -2.50. The average molecular weight is 429 g/mol. The normalized spacial score (nSPS) is 14.7. The van der Waals surface area contributed by atoms with Crippen LogP contribution in [0.3, 0.4) is 0 Å². The molecule has 1 fully saturated rings. The number of hydrogen-bond donors (Lipinski definition) is 1. The van der Waals surface area contributed by atoms with Crippen LogP contribution in [0.5, 0.6) is 0 Å². The van der Waals surface area contributed by atoms with Gasteiger partial charge in [0.15, 0.2) is 0 Å². The highest BCUT2D eigenvalue weighted by molar-refractivity contribution is 7.89. The Labute approximate surface area is 175 Å². The lowest BCUT2D eigenvalue weighted by atomic mass is 10.2. The van der Waals surface area contributed by atoms with E-state index in [-0.39, 0.29) is 43.6 Å². The zero-order valence-corrected chi connectivity index (χ0v) is 17.2. The van der Waals surface area contributed by atoms with Gasteiger partial charge in [-0.1, -0.05) is 36.9 Å². The molecule has 8 nitrogen and oxygen atoms in total. The van der Waals surface area contributed by atoms with Crippen molar-refractivity contribution in [1.82, 2.24) is 9.21 Å². The molecule has 0 radical (unpaired) electrons. The summed E-state index contributed by atoms with van der Waals surface area (Å²) in [5.41, 5.74) is 1.37. The molecule has 0 aliphatic carbocycles. The molecule has 158 valence electrons. The fourth-order valence-electron chi connectivity index (χ4n) is 2.97. The number of ether oxygens (including phenoxy) is 1. The van der Waals surface area contributed by atoms with Crippen molar-refractivity contribution in [1.29, 1.82) is 0 Å². The molecule has 30 heavy (non-hydrogen) atoms. The predicted octanol–water partition coefficient (Wildman–Crippen LogP) is 2.45. The molecule has 0 saturated carbocycles. The summed E-state index contributed by atoms with van der Waals surface area (Å²) in [6.07, 6.45) is 0.674. The van der Waals surface area contributed by atoms with E-state index in [1.807, 2.05) is 30.3 Å². The lowest BCUT2D eigenvalue weighted by molar-refractivity contribution is -0.111. The van der Waals surface area contributed by atoms with Gasteiger partial charge in [-0.3, -0.25) is 4.79 Å². The molecule has 1 heterocycles. The van der Waals surface area contributed by atoms with Crippen LogP contribution in [-0.2, 0) is 26.2 Å². The molecule has 0 aromatic heterocycles. The average Bonchev–Trinajstić information content (AvgIpc) is 2.78. The van der Waals surface area contributed by atoms with Gasteiger partial charge in [0.05, 0.1) is 4.90 Å². The fraction of sp³-hybridized carbons (Fsp3) is 0.238. The minimum absolute atomic E-state index is 0.124. The number of rotatable bonds is 6. The van der Waals surface area contributed by atoms with E-state index >= 15 is 0 Å². The number of carbonyl (C=O) groups is 2. The number of sulfonamides is 1. The van der Waals surface area contributed by atoms with Crippen molar-refractivity contribution in [2.75, 3.05) is 31.5 Å². The molecule has 0 atom stereocenters. The van der Waals surface area contributed by atoms with Gasteiger partial charge in [-0.2, -0.15) is 4.31 Å². The number of piperazine rings is 1. The van der Waals surface area contributed by atoms with Crippen molar-refractivity contribution in [2.24, 2.45) is 0 Å². The van der Waals surface area contributed by atoms with Crippen molar-refractivity contribution in [3.63, 3.8) is 0 Å². The first kappa shape index (κ1) is 21.5. The molecule has 1 aliphatic heterocycles. The first-order valence-corrected chi connectivity index (χ1v) is 10.8. The van der Waals surface area contributed by atoms with Gasteiger partial charge >= 0.3 is 6.09 Å². The van der Waals surface area contributed by atoms with Crippen molar-refractivity contribution in [3.05, 3.63) is 72.8 Å². The van der Waals surface area contributed by atoms with E-state index in [2.05, 4.69) is 11.9 Å². The quantitative estimate of drug-likeness (QED) is 0.712. The van der Waals surface area contributed by atoms with Crippen LogP contribution in [0.25, 0.3) is 0 Å². The smallest absolute Gasteiger partial charge is 0.410 e. The van der Waals surface area contributed by atoms with E-state index < -0.39 is 16.1 Å². The summed E-state index contributed by atoms with van der Waals surface area (Å²) in [4.78, 5) is 25.2. The lowest BCUT2D eigenvalue weighted by Gasteiger charge is -2.33. The minimum Gasteiger partial charge on any atom is -0.445 e. The van der Waals surface area contributed by atoms with Gasteiger partial charge in [0, 0.05) is 31.9 Å². The number of hydrogen-bond acceptors (Lipinski definition) is 5. The van der Waals surface area contributed by atoms with Gasteiger partial charge in [0.2, 0.25) is 15.9 Å². The Morgan fingerprint density at radius 3 is 2.23 bits per heavy atom. The molecule has 2 aromatic rings. The topological polar surface area (TPSA) is 96.0 Å². The second-order valence-electron chi connectivity index (χ2n) is 6.65. The molecule has 0 unspecified atom stereocenters. The summed E-state index contributed by atoms with van der Waals surface area (Å²) < 4.78 is 32.3. The van der Waals surface area contributed by atoms with Gasteiger partial charge in [-0.05, 0) is 35.9 Å². The maximum atomic E-state index is 12.9. The van der Waals surface area contributed by atoms with E-state index in [1.54, 1.807) is 0 Å². The Morgan fingerprint density at radius 1 is 1.00 bits per heavy atom. The highest BCUT2D eigenvalue weighted by Crippen LogP contribution is 2.20. The van der Waals surface area contributed by atoms with E-state index in [0.29, 0.717) is 5.69 Å². The van der Waals surface area contributed by atoms with Crippen LogP contribution < -0.4 is 5.32 Å². The van der Waals surface area contributed by atoms with Crippen LogP contribution in [0, 0.1) is 0 Å². The second-order valence-corrected chi connectivity index (χ2v) is 8.59. The van der Waals surface area contributed by atoms with Crippen LogP contribution in [0.4, 0.5) is 10.5 Å². The number of anilines is 1. The Balaban J connectivity index is 1.55. The summed E-state index contributed by atoms with van der Waals surface area (Å²) >= 11 is 0. The molecule has 9 heteroatoms. The van der Waals surface area contributed by atoms with E-state index in [4.69, 9.17) is 4.74 Å². The zero-order chi connectivity index (χ0) is 21.6. The van der Waals surface area contributed by atoms with E-state index in [9.17, 15) is 18.0 Å². The Hall–Kier alpha value is -3.17. The maximum Gasteiger partial charge on any atom is 0.410 e. The molecule has 1 aliphatic rings. The Kier molecular flexibility index (Phi) is 6.86. The fourth-order valence-corrected chi connectivity index (χ4v) is 4.40. The number of amides is 2. The zero-order valence-electron chi connectivity index (χ0n) is 16.4. The Morgan fingerprint density at radius 2 is 1.63 bits per heavy atom. The highest BCUT2D eigenvalue weighted by atomic mass is 32.2. The third kappa shape index (κ3) is 5.25. The SMILES string of the molecule is C=CC(=O)Nc1ccc(S(=O)(=O)N2CCN(C(=O)OCc3ccccc3)CC2)cc1. The van der Waals surface area contributed by atoms with Gasteiger partial charge in [0.1, 0.15) is 6.61 Å². The van der Waals surface area contributed by atoms with Crippen molar-refractivity contribution in [2.45, 2.75) is 11.5 Å². The summed E-state index contributed by atoms with van der Waals surface area (Å²) in [7, 11) is -3.70. The van der Waals surface area contributed by atoms with Crippen molar-refractivity contribution >= 4 is 27.7 Å². The first-order chi connectivity index (χ1) is 14.4. The first-order valence-electron chi connectivity index (χ1n) is 9.39. The second kappa shape index (κ2) is 9.55. The van der Waals surface area contributed by atoms with Gasteiger partial charge in [-0.15, -0.1) is 0 Å². The molecule has 0 bridgehead atoms. The summed E-state index contributed by atoms with van der Waals surface area (Å²) in [5, 5.41) is 2.57. The largest absolute Gasteiger partial charge is 0.445 e. The third-order valence-electron chi connectivity index (χ3n) is 4.65. The standard InChI is InChI=1S/C21H23N3O5S/c1-2-20(25)22-18-8-10-19(11-9-18)30(27,28)24-14-12-23(13-15-24)21(26)29-16-17-6-4-3-5-7-17/h2-11H,1,12-16H2,(H,22,25). The van der Waals surface area contributed by atoms with Crippen LogP contribution in [-0.4, -0.2) is 55.8 Å². The van der Waals surface area contributed by atoms with Gasteiger partial charge in [0.25, 0.3) is 0 Å². The molecule has 2 aromatic carbocycles. The van der Waals surface area contributed by atoms with Gasteiger partial charge in [-0.25, -0.2) is 13.2 Å². The minimum atomic E-state index is -3.70. The summed E-state index contributed by atoms with van der Waals surface area (Å²) in [6, 6.07) is 15.3. The molecule has 2 amide bonds. The number of nitrogens with one attached hydrogen (secondary N) is 1. The van der Waals surface area contributed by atoms with Crippen LogP contribution in [0.1, 0.15) is 5.56 Å². The van der Waals surface area contributed by atoms with Crippen molar-refractivity contribution in [3.8, 4) is 0 Å². The van der Waals surface area contributed by atoms with Crippen LogP contribution >= 0.6 is 0 Å². The van der Waals surface area contributed by atoms with E-state index in [0.717, 1.165) is 11.6 Å². The molecular weight excluding hydrogens is 406 g/mol. The molecule has 1 N–H and O–H groups in total. The number of benzene rings is 2. The molecule has 0 spiro atoms. The van der Waals surface area contributed by atoms with Crippen LogP contribution in [0.15, 0.2) is 72.1 Å². The third-order valence-corrected chi connectivity index (χ3v) is 6.56. The predicted molar refractivity (Wildman–Crippen MR) is 112 cm³/mol. The van der Waals surface area contributed by atoms with E-state index in [1.165, 1.54) is 33.5 Å². The Bertz CT molecular complexity index is 999. The van der Waals surface area contributed by atoms with Crippen molar-refractivity contribution < 1.29 is 22.7 Å². The summed E-state index contributed by atoms with van der Waals surface area (Å²) in [6.45, 7) is 4.40. The maximum absolute atomic E-state index is 12.9. The highest BCUT2D eigenvalue weighted by Gasteiger charge is 2.30. The number of nitrogens with zero attached hydrogens (tertiary/aromatic N) is 2. The molecule has 1 saturated heterocycles. The molecular formula is C21H23N3O5S. The summed E-state index contributed by atoms with van der Waals surface area (Å²) in [5.74, 6) is -0.374. The monoisotopic (exact) mass is 429 g/mol. The molecule has 3 rings (SSSR count). The van der Waals surface area contributed by atoms with Gasteiger partial charge < -0.3 is 15.0 Å². The number of carbonyl (C=O) groups excluding carboxylic acids is 2. The van der Waals surface area contributed by atoms with Crippen LogP contribution in [0.2, 0.25) is 0 Å².